The molecule has 2 amide bonds. The molecular weight excluding hydrogens is 428 g/mol. The van der Waals surface area contributed by atoms with E-state index in [1.54, 1.807) is 21.1 Å². The monoisotopic (exact) mass is 458 g/mol. The van der Waals surface area contributed by atoms with Gasteiger partial charge in [0, 0.05) is 44.0 Å². The zero-order valence-corrected chi connectivity index (χ0v) is 19.7. The molecule has 0 bridgehead atoms. The Morgan fingerprint density at radius 3 is 2.41 bits per heavy atom. The van der Waals surface area contributed by atoms with Crippen LogP contribution in [0.3, 0.4) is 0 Å². The van der Waals surface area contributed by atoms with Crippen molar-refractivity contribution in [1.82, 2.24) is 14.8 Å². The van der Waals surface area contributed by atoms with E-state index in [4.69, 9.17) is 14.5 Å². The highest BCUT2D eigenvalue weighted by molar-refractivity contribution is 7.15. The summed E-state index contributed by atoms with van der Waals surface area (Å²) < 4.78 is 11.0. The fourth-order valence-electron chi connectivity index (χ4n) is 3.69. The Bertz CT molecular complexity index is 949. The topological polar surface area (TPSA) is 75.2 Å². The molecule has 1 saturated heterocycles. The predicted octanol–water partition coefficient (Wildman–Crippen LogP) is 3.90. The maximum atomic E-state index is 12.4. The van der Waals surface area contributed by atoms with Gasteiger partial charge in [0.25, 0.3) is 0 Å². The van der Waals surface area contributed by atoms with E-state index < -0.39 is 5.60 Å². The number of carbonyl (C=O) groups is 2. The van der Waals surface area contributed by atoms with Gasteiger partial charge in [0.05, 0.1) is 12.2 Å². The van der Waals surface area contributed by atoms with Gasteiger partial charge in [-0.05, 0) is 26.3 Å². The third-order valence-electron chi connectivity index (χ3n) is 5.39. The van der Waals surface area contributed by atoms with Gasteiger partial charge in [0.1, 0.15) is 12.2 Å². The first-order valence-electron chi connectivity index (χ1n) is 11.0. The predicted molar refractivity (Wildman–Crippen MR) is 123 cm³/mol. The summed E-state index contributed by atoms with van der Waals surface area (Å²) in [5.74, 6) is 0. The number of rotatable bonds is 3. The number of carbonyl (C=O) groups excluding carboxylic acids is 2. The number of anilines is 1. The molecular formula is C23H30N4O4S. The molecule has 2 aliphatic heterocycles. The van der Waals surface area contributed by atoms with E-state index in [0.29, 0.717) is 39.3 Å². The van der Waals surface area contributed by atoms with Crippen molar-refractivity contribution in [1.29, 1.82) is 0 Å². The quantitative estimate of drug-likeness (QED) is 0.695. The summed E-state index contributed by atoms with van der Waals surface area (Å²) in [5, 5.41) is 0.957. The van der Waals surface area contributed by atoms with E-state index in [-0.39, 0.29) is 18.8 Å². The molecule has 2 aliphatic rings. The Balaban J connectivity index is 1.28. The molecule has 1 fully saturated rings. The van der Waals surface area contributed by atoms with Crippen LogP contribution >= 0.6 is 11.3 Å². The summed E-state index contributed by atoms with van der Waals surface area (Å²) in [4.78, 5) is 36.4. The zero-order chi connectivity index (χ0) is 22.7. The molecule has 0 radical (unpaired) electrons. The first-order chi connectivity index (χ1) is 15.3. The summed E-state index contributed by atoms with van der Waals surface area (Å²) in [6.07, 6.45) is 0.178. The Hall–Kier alpha value is -2.81. The molecule has 172 valence electrons. The number of aromatic nitrogens is 1. The van der Waals surface area contributed by atoms with Crippen LogP contribution in [0, 0.1) is 0 Å². The van der Waals surface area contributed by atoms with Crippen LogP contribution in [0.2, 0.25) is 0 Å². The maximum absolute atomic E-state index is 12.4. The van der Waals surface area contributed by atoms with Crippen LogP contribution < -0.4 is 4.90 Å². The van der Waals surface area contributed by atoms with E-state index in [0.717, 1.165) is 27.7 Å². The van der Waals surface area contributed by atoms with Crippen LogP contribution in [0.5, 0.6) is 0 Å². The van der Waals surface area contributed by atoms with Gasteiger partial charge in [-0.15, -0.1) is 0 Å². The zero-order valence-electron chi connectivity index (χ0n) is 18.9. The lowest BCUT2D eigenvalue weighted by Crippen LogP contribution is -2.48. The van der Waals surface area contributed by atoms with Gasteiger partial charge >= 0.3 is 12.2 Å². The molecule has 8 nitrogen and oxygen atoms in total. The lowest BCUT2D eigenvalue weighted by atomic mass is 10.2. The molecule has 0 atom stereocenters. The van der Waals surface area contributed by atoms with Crippen LogP contribution in [-0.4, -0.2) is 65.3 Å². The molecule has 3 heterocycles. The van der Waals surface area contributed by atoms with Gasteiger partial charge in [-0.2, -0.15) is 0 Å². The number of hydrogen-bond donors (Lipinski definition) is 0. The van der Waals surface area contributed by atoms with Crippen molar-refractivity contribution in [3.8, 4) is 0 Å². The second-order valence-corrected chi connectivity index (χ2v) is 10.1. The summed E-state index contributed by atoms with van der Waals surface area (Å²) in [6.45, 7) is 9.69. The molecule has 0 aliphatic carbocycles. The molecule has 9 heteroatoms. The van der Waals surface area contributed by atoms with E-state index in [2.05, 4.69) is 4.90 Å². The molecule has 1 aromatic carbocycles. The number of fused-ring (bicyclic) bond motifs is 1. The largest absolute Gasteiger partial charge is 0.445 e. The highest BCUT2D eigenvalue weighted by Gasteiger charge is 2.30. The van der Waals surface area contributed by atoms with Gasteiger partial charge in [0.15, 0.2) is 5.13 Å². The smallest absolute Gasteiger partial charge is 0.410 e. The van der Waals surface area contributed by atoms with E-state index in [9.17, 15) is 9.59 Å². The van der Waals surface area contributed by atoms with Crippen LogP contribution in [0.15, 0.2) is 30.3 Å². The SMILES string of the molecule is CC(C)(C)OC(=O)N1CCc2nc(N3CCN(C(=O)OCc4ccccc4)CC3)sc2C1. The normalized spacial score (nSPS) is 16.5. The van der Waals surface area contributed by atoms with Gasteiger partial charge in [-0.25, -0.2) is 14.6 Å². The van der Waals surface area contributed by atoms with Crippen molar-refractivity contribution in [2.75, 3.05) is 37.6 Å². The van der Waals surface area contributed by atoms with Crippen molar-refractivity contribution < 1.29 is 19.1 Å². The van der Waals surface area contributed by atoms with Gasteiger partial charge in [-0.3, -0.25) is 0 Å². The number of amides is 2. The summed E-state index contributed by atoms with van der Waals surface area (Å²) in [6, 6.07) is 9.69. The Labute approximate surface area is 192 Å². The first kappa shape index (κ1) is 22.4. The van der Waals surface area contributed by atoms with E-state index >= 15 is 0 Å². The number of ether oxygens (including phenoxy) is 2. The molecule has 0 N–H and O–H groups in total. The Kier molecular flexibility index (Phi) is 6.55. The van der Waals surface area contributed by atoms with Crippen LogP contribution in [0.25, 0.3) is 0 Å². The Morgan fingerprint density at radius 2 is 1.72 bits per heavy atom. The molecule has 4 rings (SSSR count). The lowest BCUT2D eigenvalue weighted by molar-refractivity contribution is 0.0225. The maximum Gasteiger partial charge on any atom is 0.410 e. The average molecular weight is 459 g/mol. The number of nitrogens with zero attached hydrogens (tertiary/aromatic N) is 4. The average Bonchev–Trinajstić information content (AvgIpc) is 3.20. The van der Waals surface area contributed by atoms with Gasteiger partial charge in [0.2, 0.25) is 0 Å². The number of thiazole rings is 1. The highest BCUT2D eigenvalue weighted by Crippen LogP contribution is 2.31. The minimum absolute atomic E-state index is 0.277. The van der Waals surface area contributed by atoms with E-state index in [1.807, 2.05) is 51.1 Å². The number of hydrogen-bond acceptors (Lipinski definition) is 7. The lowest BCUT2D eigenvalue weighted by Gasteiger charge is -2.33. The second kappa shape index (κ2) is 9.36. The van der Waals surface area contributed by atoms with Crippen molar-refractivity contribution in [3.05, 3.63) is 46.5 Å². The number of piperazine rings is 1. The van der Waals surface area contributed by atoms with E-state index in [1.165, 1.54) is 0 Å². The van der Waals surface area contributed by atoms with Crippen LogP contribution in [0.1, 0.15) is 36.9 Å². The number of benzene rings is 1. The summed E-state index contributed by atoms with van der Waals surface area (Å²) in [5.41, 5.74) is 1.54. The fraction of sp³-hybridized carbons (Fsp3) is 0.522. The van der Waals surface area contributed by atoms with Crippen molar-refractivity contribution in [2.45, 2.75) is 45.9 Å². The van der Waals surface area contributed by atoms with Crippen LogP contribution in [-0.2, 0) is 29.0 Å². The molecule has 32 heavy (non-hydrogen) atoms. The third kappa shape index (κ3) is 5.51. The Morgan fingerprint density at radius 1 is 1.00 bits per heavy atom. The van der Waals surface area contributed by atoms with Crippen molar-refractivity contribution >= 4 is 28.7 Å². The molecule has 2 aromatic rings. The van der Waals surface area contributed by atoms with Gasteiger partial charge in [-0.1, -0.05) is 41.7 Å². The molecule has 0 saturated carbocycles. The van der Waals surface area contributed by atoms with Crippen molar-refractivity contribution in [3.63, 3.8) is 0 Å². The molecule has 0 unspecified atom stereocenters. The molecule has 1 aromatic heterocycles. The van der Waals surface area contributed by atoms with Crippen molar-refractivity contribution in [2.24, 2.45) is 0 Å². The summed E-state index contributed by atoms with van der Waals surface area (Å²) in [7, 11) is 0. The highest BCUT2D eigenvalue weighted by atomic mass is 32.1. The minimum Gasteiger partial charge on any atom is -0.445 e. The first-order valence-corrected chi connectivity index (χ1v) is 11.8. The second-order valence-electron chi connectivity index (χ2n) is 9.03. The fourth-order valence-corrected chi connectivity index (χ4v) is 4.86. The standard InChI is InChI=1S/C23H30N4O4S/c1-23(2,3)31-22(29)27-10-9-18-19(15-27)32-20(24-18)25-11-13-26(14-12-25)21(28)30-16-17-7-5-4-6-8-17/h4-8H,9-16H2,1-3H3. The molecule has 0 spiro atoms. The van der Waals surface area contributed by atoms with Crippen LogP contribution in [0.4, 0.5) is 14.7 Å². The summed E-state index contributed by atoms with van der Waals surface area (Å²) >= 11 is 1.63. The third-order valence-corrected chi connectivity index (χ3v) is 6.53. The minimum atomic E-state index is -0.502. The van der Waals surface area contributed by atoms with Gasteiger partial charge < -0.3 is 24.2 Å².